The van der Waals surface area contributed by atoms with Crippen molar-refractivity contribution in [2.75, 3.05) is 50.2 Å². The van der Waals surface area contributed by atoms with Crippen molar-refractivity contribution in [2.45, 2.75) is 25.1 Å². The molecule has 10 heteroatoms. The van der Waals surface area contributed by atoms with E-state index in [2.05, 4.69) is 5.32 Å². The van der Waals surface area contributed by atoms with Gasteiger partial charge in [-0.3, -0.25) is 4.79 Å². The first-order valence-corrected chi connectivity index (χ1v) is 13.1. The number of hydrogen-bond acceptors (Lipinski definition) is 5. The van der Waals surface area contributed by atoms with Crippen LogP contribution < -0.4 is 24.6 Å². The maximum absolute atomic E-state index is 14.6. The van der Waals surface area contributed by atoms with Crippen LogP contribution in [0.25, 0.3) is 0 Å². The van der Waals surface area contributed by atoms with Crippen LogP contribution in [0.3, 0.4) is 0 Å². The third-order valence-corrected chi connectivity index (χ3v) is 7.73. The largest absolute Gasteiger partial charge is 0.493 e. The molecule has 6 nitrogen and oxygen atoms in total. The van der Waals surface area contributed by atoms with Gasteiger partial charge in [0.25, 0.3) is 0 Å². The van der Waals surface area contributed by atoms with Crippen molar-refractivity contribution in [2.24, 2.45) is 5.92 Å². The van der Waals surface area contributed by atoms with E-state index in [-0.39, 0.29) is 24.2 Å². The number of piperazine rings is 1. The number of carbonyl (C=O) groups is 1. The maximum atomic E-state index is 14.6. The summed E-state index contributed by atoms with van der Waals surface area (Å²) in [4.78, 5) is 17.5. The molecule has 40 heavy (non-hydrogen) atoms. The molecule has 2 heterocycles. The van der Waals surface area contributed by atoms with Gasteiger partial charge in [-0.15, -0.1) is 0 Å². The van der Waals surface area contributed by atoms with Crippen LogP contribution in [0.15, 0.2) is 60.7 Å². The molecule has 2 atom stereocenters. The molecule has 0 spiro atoms. The zero-order valence-corrected chi connectivity index (χ0v) is 22.3. The fourth-order valence-electron chi connectivity index (χ4n) is 5.72. The highest BCUT2D eigenvalue weighted by molar-refractivity contribution is 5.82. The van der Waals surface area contributed by atoms with E-state index in [4.69, 9.17) is 9.47 Å². The summed E-state index contributed by atoms with van der Waals surface area (Å²) < 4.78 is 65.7. The van der Waals surface area contributed by atoms with Crippen molar-refractivity contribution in [1.82, 2.24) is 5.32 Å². The Kier molecular flexibility index (Phi) is 7.78. The van der Waals surface area contributed by atoms with Crippen LogP contribution in [0, 0.1) is 11.7 Å². The summed E-state index contributed by atoms with van der Waals surface area (Å²) in [6.45, 7) is 1.64. The van der Waals surface area contributed by atoms with Gasteiger partial charge >= 0.3 is 6.18 Å². The molecular weight excluding hydrogens is 526 g/mol. The van der Waals surface area contributed by atoms with E-state index in [1.807, 2.05) is 21.9 Å². The highest BCUT2D eigenvalue weighted by Gasteiger charge is 2.43. The summed E-state index contributed by atoms with van der Waals surface area (Å²) >= 11 is 0. The van der Waals surface area contributed by atoms with Crippen molar-refractivity contribution in [3.63, 3.8) is 0 Å². The standard InChI is InChI=1S/C30H31F4N3O3/c1-39-27-10-7-19(15-28(27)40-2)11-12-35-29(38)22-17-20-16-21(30(32,33)34)8-9-24(20)37-14-13-36(18-26(22)37)25-6-4-3-5-23(25)31/h3-10,15-16,22,26H,11-14,17-18H2,1-2H3,(H,35,38). The minimum absolute atomic E-state index is 0.160. The Morgan fingerprint density at radius 2 is 1.75 bits per heavy atom. The normalized spacial score (nSPS) is 18.6. The monoisotopic (exact) mass is 557 g/mol. The van der Waals surface area contributed by atoms with Gasteiger partial charge in [0.1, 0.15) is 5.82 Å². The number of methoxy groups -OCH3 is 2. The zero-order valence-electron chi connectivity index (χ0n) is 22.3. The summed E-state index contributed by atoms with van der Waals surface area (Å²) in [5.41, 5.74) is 1.84. The Bertz CT molecular complexity index is 1380. The number of halogens is 4. The Morgan fingerprint density at radius 1 is 0.975 bits per heavy atom. The van der Waals surface area contributed by atoms with E-state index in [9.17, 15) is 22.4 Å². The molecule has 1 N–H and O–H groups in total. The Morgan fingerprint density at radius 3 is 2.48 bits per heavy atom. The minimum Gasteiger partial charge on any atom is -0.493 e. The van der Waals surface area contributed by atoms with Crippen LogP contribution in [0.1, 0.15) is 16.7 Å². The van der Waals surface area contributed by atoms with Crippen molar-refractivity contribution >= 4 is 17.3 Å². The van der Waals surface area contributed by atoms with Gasteiger partial charge in [-0.25, -0.2) is 4.39 Å². The Labute approximate surface area is 230 Å². The van der Waals surface area contributed by atoms with Crippen LogP contribution in [0.5, 0.6) is 11.5 Å². The molecule has 0 saturated carbocycles. The predicted octanol–water partition coefficient (Wildman–Crippen LogP) is 5.09. The van der Waals surface area contributed by atoms with E-state index < -0.39 is 17.7 Å². The summed E-state index contributed by atoms with van der Waals surface area (Å²) in [7, 11) is 3.11. The number of amides is 1. The Hall–Kier alpha value is -3.95. The van der Waals surface area contributed by atoms with Crippen LogP contribution >= 0.6 is 0 Å². The first-order valence-electron chi connectivity index (χ1n) is 13.1. The van der Waals surface area contributed by atoms with Gasteiger partial charge < -0.3 is 24.6 Å². The lowest BCUT2D eigenvalue weighted by Gasteiger charge is -2.49. The second-order valence-electron chi connectivity index (χ2n) is 10.0. The second-order valence-corrected chi connectivity index (χ2v) is 10.0. The first-order chi connectivity index (χ1) is 19.2. The van der Waals surface area contributed by atoms with Crippen molar-refractivity contribution in [3.05, 3.63) is 83.2 Å². The van der Waals surface area contributed by atoms with E-state index in [1.165, 1.54) is 12.1 Å². The van der Waals surface area contributed by atoms with Gasteiger partial charge in [0, 0.05) is 31.9 Å². The molecular formula is C30H31F4N3O3. The highest BCUT2D eigenvalue weighted by atomic mass is 19.4. The topological polar surface area (TPSA) is 54.0 Å². The van der Waals surface area contributed by atoms with Gasteiger partial charge in [0.2, 0.25) is 5.91 Å². The summed E-state index contributed by atoms with van der Waals surface area (Å²) in [5.74, 6) is -0.0178. The van der Waals surface area contributed by atoms with E-state index in [0.29, 0.717) is 61.0 Å². The zero-order chi connectivity index (χ0) is 28.4. The molecule has 0 radical (unpaired) electrons. The maximum Gasteiger partial charge on any atom is 0.416 e. The molecule has 1 fully saturated rings. The summed E-state index contributed by atoms with van der Waals surface area (Å²) in [5, 5.41) is 2.99. The average molecular weight is 558 g/mol. The van der Waals surface area contributed by atoms with Crippen LogP contribution in [-0.4, -0.2) is 52.3 Å². The molecule has 212 valence electrons. The van der Waals surface area contributed by atoms with Crippen LogP contribution in [0.2, 0.25) is 0 Å². The van der Waals surface area contributed by atoms with Gasteiger partial charge in [-0.2, -0.15) is 13.2 Å². The number of rotatable bonds is 7. The summed E-state index contributed by atoms with van der Waals surface area (Å²) in [6, 6.07) is 15.4. The fourth-order valence-corrected chi connectivity index (χ4v) is 5.72. The predicted molar refractivity (Wildman–Crippen MR) is 145 cm³/mol. The third kappa shape index (κ3) is 5.52. The molecule has 1 amide bonds. The van der Waals surface area contributed by atoms with Gasteiger partial charge in [-0.05, 0) is 66.4 Å². The fraction of sp³-hybridized carbons (Fsp3) is 0.367. The molecule has 1 saturated heterocycles. The quantitative estimate of drug-likeness (QED) is 0.411. The Balaban J connectivity index is 1.37. The number of fused-ring (bicyclic) bond motifs is 3. The highest BCUT2D eigenvalue weighted by Crippen LogP contribution is 2.40. The van der Waals surface area contributed by atoms with E-state index >= 15 is 0 Å². The van der Waals surface area contributed by atoms with Crippen LogP contribution in [0.4, 0.5) is 28.9 Å². The van der Waals surface area contributed by atoms with Crippen LogP contribution in [-0.2, 0) is 23.8 Å². The second kappa shape index (κ2) is 11.3. The molecule has 3 aromatic rings. The minimum atomic E-state index is -4.48. The van der Waals surface area contributed by atoms with Crippen molar-refractivity contribution in [1.29, 1.82) is 0 Å². The number of ether oxygens (including phenoxy) is 2. The smallest absolute Gasteiger partial charge is 0.416 e. The molecule has 3 aromatic carbocycles. The van der Waals surface area contributed by atoms with E-state index in [1.54, 1.807) is 38.5 Å². The van der Waals surface area contributed by atoms with Gasteiger partial charge in [0.15, 0.2) is 11.5 Å². The summed E-state index contributed by atoms with van der Waals surface area (Å²) in [6.07, 6.45) is -3.79. The molecule has 0 bridgehead atoms. The van der Waals surface area contributed by atoms with E-state index in [0.717, 1.165) is 17.7 Å². The SMILES string of the molecule is COc1ccc(CCNC(=O)C2Cc3cc(C(F)(F)F)ccc3N3CCN(c4ccccc4F)CC23)cc1OC. The number of nitrogens with zero attached hydrogens (tertiary/aromatic N) is 2. The number of nitrogens with one attached hydrogen (secondary N) is 1. The molecule has 2 unspecified atom stereocenters. The molecule has 5 rings (SSSR count). The third-order valence-electron chi connectivity index (χ3n) is 7.73. The van der Waals surface area contributed by atoms with Gasteiger partial charge in [-0.1, -0.05) is 18.2 Å². The lowest BCUT2D eigenvalue weighted by Crippen LogP contribution is -2.61. The number of hydrogen-bond donors (Lipinski definition) is 1. The first kappa shape index (κ1) is 27.6. The lowest BCUT2D eigenvalue weighted by atomic mass is 9.82. The molecule has 2 aliphatic heterocycles. The molecule has 0 aromatic heterocycles. The average Bonchev–Trinajstić information content (AvgIpc) is 2.95. The molecule has 0 aliphatic carbocycles. The number of anilines is 2. The number of benzene rings is 3. The lowest BCUT2D eigenvalue weighted by molar-refractivity contribution is -0.137. The number of alkyl halides is 3. The van der Waals surface area contributed by atoms with Gasteiger partial charge in [0.05, 0.1) is 37.4 Å². The van der Waals surface area contributed by atoms with Crippen molar-refractivity contribution in [3.8, 4) is 11.5 Å². The number of carbonyl (C=O) groups excluding carboxylic acids is 1. The van der Waals surface area contributed by atoms with Crippen molar-refractivity contribution < 1.29 is 31.8 Å². The molecule has 2 aliphatic rings. The number of para-hydroxylation sites is 1.